The third kappa shape index (κ3) is 5.99. The predicted molar refractivity (Wildman–Crippen MR) is 118 cm³/mol. The highest BCUT2D eigenvalue weighted by Crippen LogP contribution is 2.26. The number of nitrogens with zero attached hydrogens (tertiary/aromatic N) is 1. The van der Waals surface area contributed by atoms with E-state index >= 15 is 0 Å². The van der Waals surface area contributed by atoms with Crippen LogP contribution in [0.25, 0.3) is 0 Å². The highest BCUT2D eigenvalue weighted by Gasteiger charge is 2.30. The van der Waals surface area contributed by atoms with Crippen LogP contribution < -0.4 is 10.6 Å². The van der Waals surface area contributed by atoms with Crippen molar-refractivity contribution in [3.8, 4) is 0 Å². The fourth-order valence-corrected chi connectivity index (χ4v) is 2.88. The van der Waals surface area contributed by atoms with Crippen molar-refractivity contribution in [2.75, 3.05) is 13.1 Å². The Bertz CT molecular complexity index is 689. The monoisotopic (exact) mass is 465 g/mol. The zero-order chi connectivity index (χ0) is 17.5. The van der Waals surface area contributed by atoms with E-state index in [-0.39, 0.29) is 24.0 Å². The Morgan fingerprint density at radius 1 is 1.08 bits per heavy atom. The lowest BCUT2D eigenvalue weighted by atomic mass is 9.87. The van der Waals surface area contributed by atoms with Crippen molar-refractivity contribution in [2.24, 2.45) is 4.99 Å². The van der Waals surface area contributed by atoms with Gasteiger partial charge in [-0.25, -0.2) is 4.99 Å². The van der Waals surface area contributed by atoms with Gasteiger partial charge in [-0.3, -0.25) is 0 Å². The van der Waals surface area contributed by atoms with Gasteiger partial charge in [0.15, 0.2) is 5.96 Å². The second kappa shape index (κ2) is 9.92. The van der Waals surface area contributed by atoms with E-state index in [4.69, 9.17) is 0 Å². The summed E-state index contributed by atoms with van der Waals surface area (Å²) in [6, 6.07) is 20.4. The first-order valence-electron chi connectivity index (χ1n) is 9.06. The zero-order valence-corrected chi connectivity index (χ0v) is 17.5. The molecule has 1 saturated carbocycles. The third-order valence-electron chi connectivity index (χ3n) is 4.41. The summed E-state index contributed by atoms with van der Waals surface area (Å²) in [7, 11) is 0. The Morgan fingerprint density at radius 3 is 2.27 bits per heavy atom. The summed E-state index contributed by atoms with van der Waals surface area (Å²) in [6.07, 6.45) is 2.92. The number of benzene rings is 2. The SMILES string of the molecule is CCNC(=NCC(O)(Cc1ccccc1)c1ccccc1)NC1CC1.I. The Kier molecular flexibility index (Phi) is 7.90. The molecule has 0 aromatic heterocycles. The van der Waals surface area contributed by atoms with E-state index in [0.717, 1.165) is 23.6 Å². The molecule has 1 unspecified atom stereocenters. The first-order valence-corrected chi connectivity index (χ1v) is 9.06. The van der Waals surface area contributed by atoms with Gasteiger partial charge in [0.1, 0.15) is 5.60 Å². The van der Waals surface area contributed by atoms with Crippen molar-refractivity contribution in [3.63, 3.8) is 0 Å². The average molecular weight is 465 g/mol. The van der Waals surface area contributed by atoms with Crippen LogP contribution in [0.1, 0.15) is 30.9 Å². The molecule has 0 heterocycles. The smallest absolute Gasteiger partial charge is 0.191 e. The lowest BCUT2D eigenvalue weighted by Crippen LogP contribution is -2.40. The number of guanidine groups is 1. The number of hydrogen-bond acceptors (Lipinski definition) is 2. The molecule has 0 aliphatic heterocycles. The number of nitrogens with one attached hydrogen (secondary N) is 2. The molecule has 0 bridgehead atoms. The van der Waals surface area contributed by atoms with Crippen LogP contribution in [0.4, 0.5) is 0 Å². The summed E-state index contributed by atoms with van der Waals surface area (Å²) < 4.78 is 0. The molecule has 1 fully saturated rings. The zero-order valence-electron chi connectivity index (χ0n) is 15.2. The second-order valence-corrected chi connectivity index (χ2v) is 6.67. The molecule has 3 N–H and O–H groups in total. The van der Waals surface area contributed by atoms with E-state index in [1.54, 1.807) is 0 Å². The van der Waals surface area contributed by atoms with Crippen LogP contribution in [0.3, 0.4) is 0 Å². The van der Waals surface area contributed by atoms with Gasteiger partial charge in [0, 0.05) is 19.0 Å². The van der Waals surface area contributed by atoms with Gasteiger partial charge < -0.3 is 15.7 Å². The molecule has 0 amide bonds. The summed E-state index contributed by atoms with van der Waals surface area (Å²) in [5.41, 5.74) is 0.961. The van der Waals surface area contributed by atoms with Gasteiger partial charge in [-0.1, -0.05) is 60.7 Å². The number of halogens is 1. The van der Waals surface area contributed by atoms with Gasteiger partial charge in [0.25, 0.3) is 0 Å². The molecule has 0 spiro atoms. The van der Waals surface area contributed by atoms with Gasteiger partial charge in [0.05, 0.1) is 6.54 Å². The molecular formula is C21H28IN3O. The van der Waals surface area contributed by atoms with Crippen molar-refractivity contribution in [1.82, 2.24) is 10.6 Å². The minimum absolute atomic E-state index is 0. The van der Waals surface area contributed by atoms with E-state index in [2.05, 4.69) is 22.5 Å². The van der Waals surface area contributed by atoms with Crippen LogP contribution in [0, 0.1) is 0 Å². The summed E-state index contributed by atoms with van der Waals surface area (Å²) in [5.74, 6) is 0.785. The summed E-state index contributed by atoms with van der Waals surface area (Å²) >= 11 is 0. The molecule has 0 saturated heterocycles. The lowest BCUT2D eigenvalue weighted by Gasteiger charge is -2.28. The molecule has 4 nitrogen and oxygen atoms in total. The summed E-state index contributed by atoms with van der Waals surface area (Å²) in [6.45, 7) is 3.17. The fraction of sp³-hybridized carbons (Fsp3) is 0.381. The first kappa shape index (κ1) is 20.7. The summed E-state index contributed by atoms with van der Waals surface area (Å²) in [5, 5.41) is 18.1. The van der Waals surface area contributed by atoms with Gasteiger partial charge in [-0.05, 0) is 30.9 Å². The maximum Gasteiger partial charge on any atom is 0.191 e. The minimum Gasteiger partial charge on any atom is -0.383 e. The van der Waals surface area contributed by atoms with E-state index < -0.39 is 5.60 Å². The van der Waals surface area contributed by atoms with Crippen molar-refractivity contribution in [3.05, 3.63) is 71.8 Å². The Labute approximate surface area is 173 Å². The van der Waals surface area contributed by atoms with E-state index in [1.807, 2.05) is 60.7 Å². The van der Waals surface area contributed by atoms with Crippen molar-refractivity contribution in [2.45, 2.75) is 37.8 Å². The Hall–Kier alpha value is -1.60. The molecule has 26 heavy (non-hydrogen) atoms. The van der Waals surface area contributed by atoms with Crippen LogP contribution in [0.15, 0.2) is 65.7 Å². The molecule has 2 aromatic carbocycles. The Morgan fingerprint density at radius 2 is 1.69 bits per heavy atom. The largest absolute Gasteiger partial charge is 0.383 e. The van der Waals surface area contributed by atoms with Crippen molar-refractivity contribution >= 4 is 29.9 Å². The van der Waals surface area contributed by atoms with E-state index in [1.165, 1.54) is 12.8 Å². The van der Waals surface area contributed by atoms with Crippen LogP contribution in [-0.4, -0.2) is 30.2 Å². The normalized spacial score (nSPS) is 16.3. The van der Waals surface area contributed by atoms with Crippen molar-refractivity contribution < 1.29 is 5.11 Å². The standard InChI is InChI=1S/C21H27N3O.HI/c1-2-22-20(24-19-13-14-19)23-16-21(25,18-11-7-4-8-12-18)15-17-9-5-3-6-10-17;/h3-12,19,25H,2,13-16H2,1H3,(H2,22,23,24);1H. The number of aliphatic imine (C=N–C) groups is 1. The molecule has 0 radical (unpaired) electrons. The average Bonchev–Trinajstić information content (AvgIpc) is 3.46. The molecule has 3 rings (SSSR count). The van der Waals surface area contributed by atoms with Crippen LogP contribution >= 0.6 is 24.0 Å². The van der Waals surface area contributed by atoms with E-state index in [0.29, 0.717) is 19.0 Å². The predicted octanol–water partition coefficient (Wildman–Crippen LogP) is 3.45. The molecule has 1 atom stereocenters. The number of aliphatic hydroxyl groups is 1. The van der Waals surface area contributed by atoms with Crippen LogP contribution in [0.2, 0.25) is 0 Å². The topological polar surface area (TPSA) is 56.7 Å². The molecular weight excluding hydrogens is 437 g/mol. The second-order valence-electron chi connectivity index (χ2n) is 6.67. The number of hydrogen-bond donors (Lipinski definition) is 3. The maximum atomic E-state index is 11.4. The van der Waals surface area contributed by atoms with Gasteiger partial charge >= 0.3 is 0 Å². The molecule has 2 aromatic rings. The fourth-order valence-electron chi connectivity index (χ4n) is 2.88. The lowest BCUT2D eigenvalue weighted by molar-refractivity contribution is 0.0467. The molecule has 1 aliphatic rings. The highest BCUT2D eigenvalue weighted by atomic mass is 127. The third-order valence-corrected chi connectivity index (χ3v) is 4.41. The molecule has 140 valence electrons. The molecule has 1 aliphatic carbocycles. The molecule has 5 heteroatoms. The van der Waals surface area contributed by atoms with E-state index in [9.17, 15) is 5.11 Å². The number of rotatable bonds is 7. The van der Waals surface area contributed by atoms with Gasteiger partial charge in [0.2, 0.25) is 0 Å². The quantitative estimate of drug-likeness (QED) is 0.334. The minimum atomic E-state index is -1.03. The van der Waals surface area contributed by atoms with Crippen molar-refractivity contribution in [1.29, 1.82) is 0 Å². The first-order chi connectivity index (χ1) is 12.2. The highest BCUT2D eigenvalue weighted by molar-refractivity contribution is 14.0. The maximum absolute atomic E-state index is 11.4. The van der Waals surface area contributed by atoms with Gasteiger partial charge in [-0.15, -0.1) is 24.0 Å². The Balaban J connectivity index is 0.00000243. The van der Waals surface area contributed by atoms with Gasteiger partial charge in [-0.2, -0.15) is 0 Å². The van der Waals surface area contributed by atoms with Crippen LogP contribution in [-0.2, 0) is 12.0 Å². The summed E-state index contributed by atoms with van der Waals surface area (Å²) in [4.78, 5) is 4.68. The van der Waals surface area contributed by atoms with Crippen LogP contribution in [0.5, 0.6) is 0 Å².